The van der Waals surface area contributed by atoms with Crippen molar-refractivity contribution >= 4 is 38.9 Å². The Bertz CT molecular complexity index is 990. The molecule has 0 radical (unpaired) electrons. The number of nitrogens with one attached hydrogen (secondary N) is 1. The van der Waals surface area contributed by atoms with Gasteiger partial charge in [0, 0.05) is 35.8 Å². The van der Waals surface area contributed by atoms with Gasteiger partial charge in [0.1, 0.15) is 10.8 Å². The summed E-state index contributed by atoms with van der Waals surface area (Å²) in [7, 11) is -0.550. The fraction of sp³-hybridized carbons (Fsp3) is 0.222. The Morgan fingerprint density at radius 3 is 2.48 bits per heavy atom. The summed E-state index contributed by atoms with van der Waals surface area (Å²) in [6.07, 6.45) is 0. The van der Waals surface area contributed by atoms with E-state index < -0.39 is 10.0 Å². The molecule has 1 aromatic heterocycles. The number of carbonyl (C=O) groups excluding carboxylic acids is 2. The average Bonchev–Trinajstić information content (AvgIpc) is 3.20. The van der Waals surface area contributed by atoms with Crippen LogP contribution in [0.2, 0.25) is 0 Å². The molecule has 0 fully saturated rings. The quantitative estimate of drug-likeness (QED) is 0.793. The van der Waals surface area contributed by atoms with E-state index in [1.54, 1.807) is 24.3 Å². The van der Waals surface area contributed by atoms with E-state index >= 15 is 0 Å². The van der Waals surface area contributed by atoms with E-state index in [1.165, 1.54) is 25.1 Å². The lowest BCUT2D eigenvalue weighted by Gasteiger charge is -2.16. The van der Waals surface area contributed by atoms with E-state index in [1.807, 2.05) is 6.07 Å². The molecule has 142 valence electrons. The van der Waals surface area contributed by atoms with Gasteiger partial charge in [-0.2, -0.15) is 0 Å². The molecule has 1 N–H and O–H groups in total. The lowest BCUT2D eigenvalue weighted by atomic mass is 10.1. The van der Waals surface area contributed by atoms with E-state index in [9.17, 15) is 18.0 Å². The van der Waals surface area contributed by atoms with E-state index in [4.69, 9.17) is 0 Å². The van der Waals surface area contributed by atoms with Crippen molar-refractivity contribution in [3.63, 3.8) is 0 Å². The van der Waals surface area contributed by atoms with Crippen LogP contribution in [0.15, 0.2) is 47.2 Å². The maximum absolute atomic E-state index is 12.4. The molecule has 1 aromatic carbocycles. The van der Waals surface area contributed by atoms with Gasteiger partial charge in [-0.3, -0.25) is 14.5 Å². The number of hydrogen-bond acceptors (Lipinski definition) is 5. The first-order valence-corrected chi connectivity index (χ1v) is 10.4. The molecular formula is C18H19N3O4S2. The maximum atomic E-state index is 12.4. The predicted molar refractivity (Wildman–Crippen MR) is 104 cm³/mol. The molecule has 3 rings (SSSR count). The minimum absolute atomic E-state index is 0.138. The number of hydrogen-bond donors (Lipinski definition) is 1. The normalized spacial score (nSPS) is 14.0. The van der Waals surface area contributed by atoms with Gasteiger partial charge in [0.2, 0.25) is 5.91 Å². The van der Waals surface area contributed by atoms with Crippen LogP contribution in [0.3, 0.4) is 0 Å². The second-order valence-electron chi connectivity index (χ2n) is 6.17. The molecule has 2 aromatic rings. The number of fused-ring (bicyclic) bond motifs is 1. The molecular weight excluding hydrogens is 386 g/mol. The summed E-state index contributed by atoms with van der Waals surface area (Å²) < 4.78 is 25.5. The molecule has 0 atom stereocenters. The molecule has 0 spiro atoms. The molecule has 1 aliphatic heterocycles. The fourth-order valence-electron chi connectivity index (χ4n) is 2.66. The van der Waals surface area contributed by atoms with E-state index in [-0.39, 0.29) is 29.1 Å². The molecule has 2 heterocycles. The van der Waals surface area contributed by atoms with Gasteiger partial charge in [-0.25, -0.2) is 12.7 Å². The van der Waals surface area contributed by atoms with Crippen molar-refractivity contribution < 1.29 is 18.0 Å². The average molecular weight is 406 g/mol. The predicted octanol–water partition coefficient (Wildman–Crippen LogP) is 1.74. The minimum Gasteiger partial charge on any atom is -0.350 e. The van der Waals surface area contributed by atoms with Crippen LogP contribution in [0, 0.1) is 0 Å². The van der Waals surface area contributed by atoms with Crippen molar-refractivity contribution in [3.05, 3.63) is 59.0 Å². The third kappa shape index (κ3) is 3.66. The van der Waals surface area contributed by atoms with Crippen molar-refractivity contribution in [2.45, 2.75) is 10.8 Å². The molecule has 7 nitrogen and oxygen atoms in total. The van der Waals surface area contributed by atoms with Crippen LogP contribution < -0.4 is 5.32 Å². The maximum Gasteiger partial charge on any atom is 0.259 e. The summed E-state index contributed by atoms with van der Waals surface area (Å²) in [4.78, 5) is 26.7. The van der Waals surface area contributed by atoms with Crippen LogP contribution >= 0.6 is 11.3 Å². The second kappa shape index (κ2) is 7.26. The van der Waals surface area contributed by atoms with Gasteiger partial charge < -0.3 is 5.32 Å². The minimum atomic E-state index is -3.48. The summed E-state index contributed by atoms with van der Waals surface area (Å²) in [6.45, 7) is 3.95. The zero-order valence-electron chi connectivity index (χ0n) is 14.9. The van der Waals surface area contributed by atoms with Gasteiger partial charge >= 0.3 is 0 Å². The molecule has 0 bridgehead atoms. The molecule has 0 aliphatic carbocycles. The van der Waals surface area contributed by atoms with Crippen molar-refractivity contribution in [1.82, 2.24) is 14.5 Å². The van der Waals surface area contributed by atoms with E-state index in [2.05, 4.69) is 11.9 Å². The van der Waals surface area contributed by atoms with Crippen molar-refractivity contribution in [1.29, 1.82) is 0 Å². The zero-order valence-corrected chi connectivity index (χ0v) is 16.6. The van der Waals surface area contributed by atoms with Crippen LogP contribution in [0.5, 0.6) is 0 Å². The number of sulfonamides is 1. The van der Waals surface area contributed by atoms with Gasteiger partial charge in [0.05, 0.1) is 6.54 Å². The van der Waals surface area contributed by atoms with Gasteiger partial charge in [-0.05, 0) is 18.2 Å². The number of rotatable bonds is 6. The highest BCUT2D eigenvalue weighted by Gasteiger charge is 2.31. The Morgan fingerprint density at radius 2 is 1.85 bits per heavy atom. The third-order valence-corrected chi connectivity index (χ3v) is 7.54. The summed E-state index contributed by atoms with van der Waals surface area (Å²) >= 11 is 1.10. The van der Waals surface area contributed by atoms with Gasteiger partial charge in [0.25, 0.3) is 15.9 Å². The first kappa shape index (κ1) is 19.3. The number of amides is 2. The first-order valence-electron chi connectivity index (χ1n) is 8.10. The number of nitrogens with zero attached hydrogens (tertiary/aromatic N) is 2. The topological polar surface area (TPSA) is 86.8 Å². The SMILES string of the molecule is C=C1c2ccccc2C(=O)N1CC(=O)NCc1ccc(S(=O)(=O)N(C)C)s1. The molecule has 2 amide bonds. The standard InChI is InChI=1S/C18H19N3O4S2/c1-12-14-6-4-5-7-15(14)18(23)21(12)11-16(22)19-10-13-8-9-17(26-13)27(24,25)20(2)3/h4-9H,1,10-11H2,2-3H3,(H,19,22). The Morgan fingerprint density at radius 1 is 1.19 bits per heavy atom. The molecule has 1 aliphatic rings. The Hall–Kier alpha value is -2.49. The molecule has 0 unspecified atom stereocenters. The Balaban J connectivity index is 1.61. The van der Waals surface area contributed by atoms with Crippen LogP contribution in [0.25, 0.3) is 5.70 Å². The Kier molecular flexibility index (Phi) is 5.18. The molecule has 0 saturated carbocycles. The smallest absolute Gasteiger partial charge is 0.259 e. The summed E-state index contributed by atoms with van der Waals surface area (Å²) in [5.41, 5.74) is 1.76. The van der Waals surface area contributed by atoms with Crippen LogP contribution in [0.1, 0.15) is 20.8 Å². The third-order valence-electron chi connectivity index (χ3n) is 4.17. The number of carbonyl (C=O) groups is 2. The fourth-order valence-corrected chi connectivity index (χ4v) is 5.12. The monoisotopic (exact) mass is 405 g/mol. The van der Waals surface area contributed by atoms with E-state index in [0.717, 1.165) is 21.2 Å². The molecule has 9 heteroatoms. The summed E-state index contributed by atoms with van der Waals surface area (Å²) in [5, 5.41) is 2.72. The zero-order chi connectivity index (χ0) is 19.8. The van der Waals surface area contributed by atoms with Crippen LogP contribution in [-0.2, 0) is 21.4 Å². The van der Waals surface area contributed by atoms with Crippen molar-refractivity contribution in [3.8, 4) is 0 Å². The highest BCUT2D eigenvalue weighted by atomic mass is 32.2. The van der Waals surface area contributed by atoms with Crippen molar-refractivity contribution in [2.24, 2.45) is 0 Å². The largest absolute Gasteiger partial charge is 0.350 e. The first-order chi connectivity index (χ1) is 12.7. The number of thiophene rings is 1. The lowest BCUT2D eigenvalue weighted by Crippen LogP contribution is -2.36. The second-order valence-corrected chi connectivity index (χ2v) is 9.72. The van der Waals surface area contributed by atoms with Gasteiger partial charge in [-0.15, -0.1) is 11.3 Å². The van der Waals surface area contributed by atoms with Crippen molar-refractivity contribution in [2.75, 3.05) is 20.6 Å². The summed E-state index contributed by atoms with van der Waals surface area (Å²) in [5.74, 6) is -0.594. The van der Waals surface area contributed by atoms with Crippen LogP contribution in [0.4, 0.5) is 0 Å². The highest BCUT2D eigenvalue weighted by molar-refractivity contribution is 7.91. The van der Waals surface area contributed by atoms with Gasteiger partial charge in [0.15, 0.2) is 0 Å². The Labute approximate surface area is 162 Å². The van der Waals surface area contributed by atoms with E-state index in [0.29, 0.717) is 16.1 Å². The molecule has 0 saturated heterocycles. The van der Waals surface area contributed by atoms with Gasteiger partial charge in [-0.1, -0.05) is 24.8 Å². The summed E-state index contributed by atoms with van der Waals surface area (Å²) in [6, 6.07) is 10.3. The van der Waals surface area contributed by atoms with Crippen LogP contribution in [-0.4, -0.2) is 50.1 Å². The molecule has 27 heavy (non-hydrogen) atoms. The number of benzene rings is 1. The highest BCUT2D eigenvalue weighted by Crippen LogP contribution is 2.30. The lowest BCUT2D eigenvalue weighted by molar-refractivity contribution is -0.121.